The SMILES string of the molecule is NNc1cc(CN2CCOCC2CO)ccc1[N+](=O)[O-]. The lowest BCUT2D eigenvalue weighted by molar-refractivity contribution is -0.384. The van der Waals surface area contributed by atoms with Gasteiger partial charge in [0.05, 0.1) is 30.8 Å². The number of nitrogen functional groups attached to an aromatic ring is 1. The van der Waals surface area contributed by atoms with Crippen molar-refractivity contribution in [2.75, 3.05) is 31.8 Å². The van der Waals surface area contributed by atoms with Crippen LogP contribution >= 0.6 is 0 Å². The van der Waals surface area contributed by atoms with E-state index in [-0.39, 0.29) is 24.0 Å². The van der Waals surface area contributed by atoms with Crippen LogP contribution in [0.1, 0.15) is 5.56 Å². The predicted molar refractivity (Wildman–Crippen MR) is 73.0 cm³/mol. The Kier molecular flexibility index (Phi) is 4.85. The Balaban J connectivity index is 2.14. The van der Waals surface area contributed by atoms with Crippen molar-refractivity contribution in [1.82, 2.24) is 4.90 Å². The van der Waals surface area contributed by atoms with Crippen molar-refractivity contribution in [3.63, 3.8) is 0 Å². The number of benzene rings is 1. The molecule has 1 atom stereocenters. The standard InChI is InChI=1S/C12H18N4O4/c13-14-11-5-9(1-2-12(11)16(18)19)6-15-3-4-20-8-10(15)7-17/h1-2,5,10,14,17H,3-4,6-8,13H2. The van der Waals surface area contributed by atoms with Crippen LogP contribution in [0.5, 0.6) is 0 Å². The van der Waals surface area contributed by atoms with Crippen LogP contribution in [0.15, 0.2) is 18.2 Å². The summed E-state index contributed by atoms with van der Waals surface area (Å²) in [5, 5.41) is 20.1. The van der Waals surface area contributed by atoms with Gasteiger partial charge in [-0.15, -0.1) is 0 Å². The molecule has 0 saturated carbocycles. The molecule has 0 aliphatic carbocycles. The number of nitrogens with two attached hydrogens (primary N) is 1. The topological polar surface area (TPSA) is 114 Å². The summed E-state index contributed by atoms with van der Waals surface area (Å²) in [6, 6.07) is 4.73. The molecule has 4 N–H and O–H groups in total. The Bertz CT molecular complexity index is 483. The van der Waals surface area contributed by atoms with E-state index in [2.05, 4.69) is 10.3 Å². The molecule has 1 aliphatic heterocycles. The van der Waals surface area contributed by atoms with Crippen molar-refractivity contribution in [2.45, 2.75) is 12.6 Å². The third kappa shape index (κ3) is 3.23. The molecule has 1 fully saturated rings. The molecular formula is C12H18N4O4. The van der Waals surface area contributed by atoms with Crippen LogP contribution in [0.4, 0.5) is 11.4 Å². The van der Waals surface area contributed by atoms with Gasteiger partial charge in [0.25, 0.3) is 5.69 Å². The van der Waals surface area contributed by atoms with Gasteiger partial charge in [-0.05, 0) is 11.6 Å². The summed E-state index contributed by atoms with van der Waals surface area (Å²) >= 11 is 0. The number of nitrogens with zero attached hydrogens (tertiary/aromatic N) is 2. The second kappa shape index (κ2) is 6.62. The van der Waals surface area contributed by atoms with Gasteiger partial charge in [0.2, 0.25) is 0 Å². The van der Waals surface area contributed by atoms with Gasteiger partial charge in [-0.25, -0.2) is 0 Å². The summed E-state index contributed by atoms with van der Waals surface area (Å²) in [6.45, 7) is 2.43. The minimum absolute atomic E-state index is 0.0228. The summed E-state index contributed by atoms with van der Waals surface area (Å²) in [4.78, 5) is 12.4. The number of aliphatic hydroxyl groups excluding tert-OH is 1. The Hall–Kier alpha value is -1.74. The van der Waals surface area contributed by atoms with Crippen molar-refractivity contribution in [1.29, 1.82) is 0 Å². The first kappa shape index (κ1) is 14.7. The summed E-state index contributed by atoms with van der Waals surface area (Å²) in [6.07, 6.45) is 0. The number of aliphatic hydroxyl groups is 1. The monoisotopic (exact) mass is 282 g/mol. The quantitative estimate of drug-likeness (QED) is 0.398. The lowest BCUT2D eigenvalue weighted by Crippen LogP contribution is -2.46. The van der Waals surface area contributed by atoms with Gasteiger partial charge in [-0.1, -0.05) is 6.07 Å². The Labute approximate surface area is 116 Å². The molecule has 0 spiro atoms. The normalized spacial score (nSPS) is 19.8. The molecule has 1 unspecified atom stereocenters. The second-order valence-electron chi connectivity index (χ2n) is 4.63. The number of nitro groups is 1. The molecule has 0 aromatic heterocycles. The van der Waals surface area contributed by atoms with Crippen molar-refractivity contribution in [2.24, 2.45) is 5.84 Å². The zero-order valence-corrected chi connectivity index (χ0v) is 11.0. The fourth-order valence-electron chi connectivity index (χ4n) is 2.26. The van der Waals surface area contributed by atoms with Crippen LogP contribution in [0.2, 0.25) is 0 Å². The highest BCUT2D eigenvalue weighted by atomic mass is 16.6. The molecule has 1 heterocycles. The zero-order valence-electron chi connectivity index (χ0n) is 11.0. The van der Waals surface area contributed by atoms with Crippen molar-refractivity contribution < 1.29 is 14.8 Å². The fourth-order valence-corrected chi connectivity index (χ4v) is 2.26. The average molecular weight is 282 g/mol. The fraction of sp³-hybridized carbons (Fsp3) is 0.500. The average Bonchev–Trinajstić information content (AvgIpc) is 2.47. The van der Waals surface area contributed by atoms with Gasteiger partial charge in [0, 0.05) is 19.2 Å². The number of morpholine rings is 1. The van der Waals surface area contributed by atoms with E-state index in [0.717, 1.165) is 5.56 Å². The molecule has 8 nitrogen and oxygen atoms in total. The van der Waals surface area contributed by atoms with Gasteiger partial charge in [-0.3, -0.25) is 20.9 Å². The van der Waals surface area contributed by atoms with E-state index in [0.29, 0.717) is 26.3 Å². The van der Waals surface area contributed by atoms with E-state index < -0.39 is 4.92 Å². The van der Waals surface area contributed by atoms with E-state index >= 15 is 0 Å². The van der Waals surface area contributed by atoms with Gasteiger partial charge < -0.3 is 15.3 Å². The van der Waals surface area contributed by atoms with Crippen LogP contribution in [-0.4, -0.2) is 47.3 Å². The minimum atomic E-state index is -0.482. The third-order valence-corrected chi connectivity index (χ3v) is 3.36. The molecule has 20 heavy (non-hydrogen) atoms. The molecule has 0 amide bonds. The number of hydrogen-bond acceptors (Lipinski definition) is 7. The van der Waals surface area contributed by atoms with E-state index in [1.165, 1.54) is 6.07 Å². The zero-order chi connectivity index (χ0) is 14.5. The maximum absolute atomic E-state index is 10.8. The summed E-state index contributed by atoms with van der Waals surface area (Å²) in [5.41, 5.74) is 3.46. The highest BCUT2D eigenvalue weighted by molar-refractivity contribution is 5.62. The molecule has 0 bridgehead atoms. The van der Waals surface area contributed by atoms with E-state index in [9.17, 15) is 15.2 Å². The lowest BCUT2D eigenvalue weighted by Gasteiger charge is -2.34. The maximum atomic E-state index is 10.8. The minimum Gasteiger partial charge on any atom is -0.395 e. The molecule has 1 aliphatic rings. The van der Waals surface area contributed by atoms with Gasteiger partial charge >= 0.3 is 0 Å². The Morgan fingerprint density at radius 3 is 3.05 bits per heavy atom. The molecule has 110 valence electrons. The van der Waals surface area contributed by atoms with Crippen LogP contribution in [0.25, 0.3) is 0 Å². The first-order valence-electron chi connectivity index (χ1n) is 6.32. The summed E-state index contributed by atoms with van der Waals surface area (Å²) < 4.78 is 5.31. The highest BCUT2D eigenvalue weighted by Gasteiger charge is 2.23. The van der Waals surface area contributed by atoms with Gasteiger partial charge in [-0.2, -0.15) is 0 Å². The molecule has 2 rings (SSSR count). The van der Waals surface area contributed by atoms with Gasteiger partial charge in [0.1, 0.15) is 5.69 Å². The van der Waals surface area contributed by atoms with Crippen LogP contribution in [0.3, 0.4) is 0 Å². The van der Waals surface area contributed by atoms with Gasteiger partial charge in [0.15, 0.2) is 0 Å². The maximum Gasteiger partial charge on any atom is 0.293 e. The largest absolute Gasteiger partial charge is 0.395 e. The molecular weight excluding hydrogens is 264 g/mol. The van der Waals surface area contributed by atoms with Crippen LogP contribution in [-0.2, 0) is 11.3 Å². The van der Waals surface area contributed by atoms with Crippen LogP contribution in [0, 0.1) is 10.1 Å². The number of rotatable bonds is 5. The first-order chi connectivity index (χ1) is 9.65. The van der Waals surface area contributed by atoms with E-state index in [4.69, 9.17) is 10.6 Å². The number of ether oxygens (including phenoxy) is 1. The second-order valence-corrected chi connectivity index (χ2v) is 4.63. The van der Waals surface area contributed by atoms with Crippen molar-refractivity contribution in [3.8, 4) is 0 Å². The molecule has 1 aromatic carbocycles. The molecule has 8 heteroatoms. The lowest BCUT2D eigenvalue weighted by atomic mass is 10.1. The summed E-state index contributed by atoms with van der Waals surface area (Å²) in [5.74, 6) is 5.32. The summed E-state index contributed by atoms with van der Waals surface area (Å²) in [7, 11) is 0. The number of anilines is 1. The number of nitro benzene ring substituents is 1. The van der Waals surface area contributed by atoms with E-state index in [1.807, 2.05) is 0 Å². The smallest absolute Gasteiger partial charge is 0.293 e. The predicted octanol–water partition coefficient (Wildman–Crippen LogP) is 0.0735. The number of nitrogens with one attached hydrogen (secondary N) is 1. The third-order valence-electron chi connectivity index (χ3n) is 3.36. The number of hydrazine groups is 1. The number of hydrogen-bond donors (Lipinski definition) is 3. The highest BCUT2D eigenvalue weighted by Crippen LogP contribution is 2.25. The first-order valence-corrected chi connectivity index (χ1v) is 6.32. The molecule has 1 aromatic rings. The Morgan fingerprint density at radius 2 is 2.40 bits per heavy atom. The van der Waals surface area contributed by atoms with Crippen LogP contribution < -0.4 is 11.3 Å². The van der Waals surface area contributed by atoms with E-state index in [1.54, 1.807) is 12.1 Å². The molecule has 1 saturated heterocycles. The van der Waals surface area contributed by atoms with Crippen molar-refractivity contribution in [3.05, 3.63) is 33.9 Å². The molecule has 0 radical (unpaired) electrons. The Morgan fingerprint density at radius 1 is 1.60 bits per heavy atom. The van der Waals surface area contributed by atoms with Crippen molar-refractivity contribution >= 4 is 11.4 Å².